The molecular formula is C11H12BrNO2S. The average molecular weight is 302 g/mol. The lowest BCUT2D eigenvalue weighted by Gasteiger charge is -2.28. The highest BCUT2D eigenvalue weighted by atomic mass is 79.9. The predicted molar refractivity (Wildman–Crippen MR) is 68.5 cm³/mol. The number of aliphatic carboxylic acids is 1. The van der Waals surface area contributed by atoms with Gasteiger partial charge in [0.1, 0.15) is 6.04 Å². The number of carboxylic acid groups (broad SMARTS) is 1. The zero-order valence-electron chi connectivity index (χ0n) is 8.52. The van der Waals surface area contributed by atoms with Gasteiger partial charge in [-0.2, -0.15) is 0 Å². The molecule has 2 rings (SSSR count). The lowest BCUT2D eigenvalue weighted by atomic mass is 10.1. The third-order valence-corrected chi connectivity index (χ3v) is 4.20. The van der Waals surface area contributed by atoms with E-state index in [0.717, 1.165) is 15.8 Å². The number of carboxylic acids is 1. The molecule has 1 saturated heterocycles. The molecule has 1 aromatic carbocycles. The largest absolute Gasteiger partial charge is 0.480 e. The molecule has 86 valence electrons. The maximum atomic E-state index is 10.9. The van der Waals surface area contributed by atoms with E-state index in [-0.39, 0.29) is 5.37 Å². The molecule has 0 aromatic heterocycles. The first kappa shape index (κ1) is 12.0. The van der Waals surface area contributed by atoms with E-state index in [1.54, 1.807) is 11.8 Å². The zero-order valence-corrected chi connectivity index (χ0v) is 10.9. The Morgan fingerprint density at radius 2 is 2.38 bits per heavy atom. The summed E-state index contributed by atoms with van der Waals surface area (Å²) in [6, 6.07) is 7.54. The van der Waals surface area contributed by atoms with Crippen LogP contribution in [0, 0.1) is 0 Å². The summed E-state index contributed by atoms with van der Waals surface area (Å²) in [5.74, 6) is 0.113. The molecule has 0 bridgehead atoms. The fraction of sp³-hybridized carbons (Fsp3) is 0.364. The fourth-order valence-corrected chi connectivity index (χ4v) is 3.30. The van der Waals surface area contributed by atoms with Gasteiger partial charge in [-0.3, -0.25) is 10.1 Å². The number of carbonyl (C=O) groups is 1. The Bertz CT molecular complexity index is 399. The van der Waals surface area contributed by atoms with Gasteiger partial charge in [-0.05, 0) is 29.9 Å². The monoisotopic (exact) mass is 301 g/mol. The van der Waals surface area contributed by atoms with E-state index < -0.39 is 12.0 Å². The van der Waals surface area contributed by atoms with Gasteiger partial charge >= 0.3 is 5.97 Å². The average Bonchev–Trinajstić information content (AvgIpc) is 2.29. The van der Waals surface area contributed by atoms with E-state index in [9.17, 15) is 4.79 Å². The number of thioether (sulfide) groups is 1. The first-order valence-electron chi connectivity index (χ1n) is 5.03. The minimum Gasteiger partial charge on any atom is -0.480 e. The molecule has 16 heavy (non-hydrogen) atoms. The summed E-state index contributed by atoms with van der Waals surface area (Å²) in [6.07, 6.45) is 0.685. The van der Waals surface area contributed by atoms with E-state index in [1.165, 1.54) is 0 Å². The number of rotatable bonds is 2. The Kier molecular flexibility index (Phi) is 3.89. The molecule has 5 heteroatoms. The van der Waals surface area contributed by atoms with Crippen LogP contribution in [0.1, 0.15) is 17.4 Å². The van der Waals surface area contributed by atoms with Crippen molar-refractivity contribution in [2.24, 2.45) is 0 Å². The molecule has 0 amide bonds. The van der Waals surface area contributed by atoms with Gasteiger partial charge in [0.15, 0.2) is 0 Å². The quantitative estimate of drug-likeness (QED) is 0.882. The molecular weight excluding hydrogens is 290 g/mol. The molecule has 1 aliphatic heterocycles. The molecule has 1 heterocycles. The van der Waals surface area contributed by atoms with Crippen LogP contribution in [-0.4, -0.2) is 22.9 Å². The second kappa shape index (κ2) is 5.21. The number of hydrogen-bond acceptors (Lipinski definition) is 3. The van der Waals surface area contributed by atoms with Gasteiger partial charge in [-0.25, -0.2) is 0 Å². The van der Waals surface area contributed by atoms with E-state index >= 15 is 0 Å². The molecule has 2 unspecified atom stereocenters. The lowest BCUT2D eigenvalue weighted by molar-refractivity contribution is -0.139. The standard InChI is InChI=1S/C11H12BrNO2S/c12-8-3-1-2-7(6-8)10-13-9(11(14)15)4-5-16-10/h1-3,6,9-10,13H,4-5H2,(H,14,15). The van der Waals surface area contributed by atoms with Crippen molar-refractivity contribution in [2.75, 3.05) is 5.75 Å². The van der Waals surface area contributed by atoms with Crippen LogP contribution in [0.3, 0.4) is 0 Å². The van der Waals surface area contributed by atoms with Crippen LogP contribution in [0.15, 0.2) is 28.7 Å². The molecule has 3 nitrogen and oxygen atoms in total. The first-order valence-corrected chi connectivity index (χ1v) is 6.87. The van der Waals surface area contributed by atoms with Gasteiger partial charge in [0, 0.05) is 4.47 Å². The SMILES string of the molecule is O=C(O)C1CCSC(c2cccc(Br)c2)N1. The highest BCUT2D eigenvalue weighted by Crippen LogP contribution is 2.32. The van der Waals surface area contributed by atoms with Gasteiger partial charge in [-0.15, -0.1) is 11.8 Å². The number of hydrogen-bond donors (Lipinski definition) is 2. The number of nitrogens with one attached hydrogen (secondary N) is 1. The van der Waals surface area contributed by atoms with Crippen molar-refractivity contribution in [2.45, 2.75) is 17.8 Å². The summed E-state index contributed by atoms with van der Waals surface area (Å²) in [5.41, 5.74) is 1.12. The highest BCUT2D eigenvalue weighted by molar-refractivity contribution is 9.10. The van der Waals surface area contributed by atoms with Gasteiger partial charge in [0.2, 0.25) is 0 Å². The van der Waals surface area contributed by atoms with Crippen LogP contribution in [0.5, 0.6) is 0 Å². The summed E-state index contributed by atoms with van der Waals surface area (Å²) in [4.78, 5) is 10.9. The molecule has 1 fully saturated rings. The van der Waals surface area contributed by atoms with Crippen LogP contribution in [-0.2, 0) is 4.79 Å². The van der Waals surface area contributed by atoms with E-state index in [1.807, 2.05) is 24.3 Å². The summed E-state index contributed by atoms with van der Waals surface area (Å²) >= 11 is 5.17. The molecule has 2 N–H and O–H groups in total. The lowest BCUT2D eigenvalue weighted by Crippen LogP contribution is -2.41. The smallest absolute Gasteiger partial charge is 0.320 e. The third kappa shape index (κ3) is 2.78. The minimum atomic E-state index is -0.764. The van der Waals surface area contributed by atoms with Crippen molar-refractivity contribution in [3.63, 3.8) is 0 Å². The van der Waals surface area contributed by atoms with Crippen molar-refractivity contribution >= 4 is 33.7 Å². The summed E-state index contributed by atoms with van der Waals surface area (Å²) in [6.45, 7) is 0. The molecule has 0 aliphatic carbocycles. The van der Waals surface area contributed by atoms with Crippen LogP contribution < -0.4 is 5.32 Å². The third-order valence-electron chi connectivity index (χ3n) is 2.49. The molecule has 0 spiro atoms. The molecule has 1 aromatic rings. The molecule has 0 saturated carbocycles. The van der Waals surface area contributed by atoms with Gasteiger partial charge in [0.25, 0.3) is 0 Å². The van der Waals surface area contributed by atoms with Crippen molar-refractivity contribution in [1.29, 1.82) is 0 Å². The van der Waals surface area contributed by atoms with E-state index in [4.69, 9.17) is 5.11 Å². The Balaban J connectivity index is 2.12. The number of benzene rings is 1. The Labute approximate surface area is 107 Å². The van der Waals surface area contributed by atoms with Crippen LogP contribution in [0.4, 0.5) is 0 Å². The van der Waals surface area contributed by atoms with Crippen LogP contribution >= 0.6 is 27.7 Å². The van der Waals surface area contributed by atoms with E-state index in [2.05, 4.69) is 21.2 Å². The summed E-state index contributed by atoms with van der Waals surface area (Å²) < 4.78 is 1.02. The van der Waals surface area contributed by atoms with Gasteiger partial charge < -0.3 is 5.11 Å². The highest BCUT2D eigenvalue weighted by Gasteiger charge is 2.27. The number of halogens is 1. The van der Waals surface area contributed by atoms with Crippen LogP contribution in [0.25, 0.3) is 0 Å². The Hall–Kier alpha value is -0.520. The second-order valence-corrected chi connectivity index (χ2v) is 5.78. The summed E-state index contributed by atoms with van der Waals surface area (Å²) in [5, 5.41) is 12.2. The maximum absolute atomic E-state index is 10.9. The van der Waals surface area contributed by atoms with Crippen molar-refractivity contribution in [1.82, 2.24) is 5.32 Å². The molecule has 1 aliphatic rings. The van der Waals surface area contributed by atoms with Crippen molar-refractivity contribution in [3.05, 3.63) is 34.3 Å². The van der Waals surface area contributed by atoms with Crippen molar-refractivity contribution in [3.8, 4) is 0 Å². The summed E-state index contributed by atoms with van der Waals surface area (Å²) in [7, 11) is 0. The van der Waals surface area contributed by atoms with Gasteiger partial charge in [0.05, 0.1) is 5.37 Å². The minimum absolute atomic E-state index is 0.0762. The second-order valence-electron chi connectivity index (χ2n) is 3.65. The first-order chi connectivity index (χ1) is 7.66. The zero-order chi connectivity index (χ0) is 11.5. The van der Waals surface area contributed by atoms with Gasteiger partial charge in [-0.1, -0.05) is 28.1 Å². The Morgan fingerprint density at radius 1 is 1.56 bits per heavy atom. The molecule has 2 atom stereocenters. The van der Waals surface area contributed by atoms with E-state index in [0.29, 0.717) is 6.42 Å². The molecule has 0 radical (unpaired) electrons. The fourth-order valence-electron chi connectivity index (χ4n) is 1.67. The normalized spacial score (nSPS) is 25.3. The Morgan fingerprint density at radius 3 is 3.06 bits per heavy atom. The van der Waals surface area contributed by atoms with Crippen LogP contribution in [0.2, 0.25) is 0 Å². The van der Waals surface area contributed by atoms with Crippen molar-refractivity contribution < 1.29 is 9.90 Å². The topological polar surface area (TPSA) is 49.3 Å². The maximum Gasteiger partial charge on any atom is 0.320 e. The predicted octanol–water partition coefficient (Wildman–Crippen LogP) is 2.63.